The molecule has 1 N–H and O–H groups in total. The van der Waals surface area contributed by atoms with Crippen molar-refractivity contribution in [2.24, 2.45) is 0 Å². The molecule has 0 bridgehead atoms. The van der Waals surface area contributed by atoms with Crippen molar-refractivity contribution < 1.29 is 9.15 Å². The maximum Gasteiger partial charge on any atom is 0.134 e. The summed E-state index contributed by atoms with van der Waals surface area (Å²) in [6.45, 7) is 6.59. The number of hydrogen-bond donors (Lipinski definition) is 1. The standard InChI is InChI=1S/C16H22N2O2/c1-12-15(14-5-3-4-6-16(14)20-12)10-17-9-13-11-18(2)7-8-19-13/h3-6,13,17H,7-11H2,1-2H3. The van der Waals surface area contributed by atoms with Gasteiger partial charge in [0.1, 0.15) is 11.3 Å². The maximum atomic E-state index is 5.78. The van der Waals surface area contributed by atoms with Gasteiger partial charge in [0, 0.05) is 37.1 Å². The Morgan fingerprint density at radius 1 is 1.35 bits per heavy atom. The molecular weight excluding hydrogens is 252 g/mol. The fourth-order valence-corrected chi connectivity index (χ4v) is 2.79. The highest BCUT2D eigenvalue weighted by Crippen LogP contribution is 2.24. The monoisotopic (exact) mass is 274 g/mol. The third-order valence-electron chi connectivity index (χ3n) is 3.92. The highest BCUT2D eigenvalue weighted by atomic mass is 16.5. The summed E-state index contributed by atoms with van der Waals surface area (Å²) in [5.41, 5.74) is 2.22. The van der Waals surface area contributed by atoms with Gasteiger partial charge < -0.3 is 19.4 Å². The Balaban J connectivity index is 1.61. The molecule has 1 fully saturated rings. The molecule has 1 aliphatic heterocycles. The Morgan fingerprint density at radius 3 is 3.05 bits per heavy atom. The van der Waals surface area contributed by atoms with Crippen molar-refractivity contribution in [3.8, 4) is 0 Å². The minimum Gasteiger partial charge on any atom is -0.461 e. The van der Waals surface area contributed by atoms with E-state index in [0.29, 0.717) is 0 Å². The molecular formula is C16H22N2O2. The van der Waals surface area contributed by atoms with Gasteiger partial charge in [0.15, 0.2) is 0 Å². The van der Waals surface area contributed by atoms with Gasteiger partial charge >= 0.3 is 0 Å². The summed E-state index contributed by atoms with van der Waals surface area (Å²) in [7, 11) is 2.14. The second kappa shape index (κ2) is 5.95. The van der Waals surface area contributed by atoms with Crippen LogP contribution in [0.3, 0.4) is 0 Å². The molecule has 1 atom stereocenters. The van der Waals surface area contributed by atoms with Gasteiger partial charge in [-0.25, -0.2) is 0 Å². The van der Waals surface area contributed by atoms with Crippen LogP contribution < -0.4 is 5.32 Å². The molecule has 2 heterocycles. The number of nitrogens with one attached hydrogen (secondary N) is 1. The fourth-order valence-electron chi connectivity index (χ4n) is 2.79. The first kappa shape index (κ1) is 13.6. The molecule has 108 valence electrons. The molecule has 2 aromatic rings. The van der Waals surface area contributed by atoms with E-state index in [2.05, 4.69) is 29.4 Å². The molecule has 4 nitrogen and oxygen atoms in total. The number of likely N-dealkylation sites (N-methyl/N-ethyl adjacent to an activating group) is 1. The molecule has 0 aliphatic carbocycles. The second-order valence-electron chi connectivity index (χ2n) is 5.52. The van der Waals surface area contributed by atoms with E-state index in [1.807, 2.05) is 19.1 Å². The van der Waals surface area contributed by atoms with Crippen molar-refractivity contribution in [2.45, 2.75) is 19.6 Å². The quantitative estimate of drug-likeness (QED) is 0.927. The van der Waals surface area contributed by atoms with Gasteiger partial charge in [0.25, 0.3) is 0 Å². The molecule has 4 heteroatoms. The number of furan rings is 1. The Hall–Kier alpha value is -1.36. The highest BCUT2D eigenvalue weighted by molar-refractivity contribution is 5.82. The summed E-state index contributed by atoms with van der Waals surface area (Å²) in [5, 5.41) is 4.71. The predicted molar refractivity (Wildman–Crippen MR) is 79.9 cm³/mol. The zero-order valence-corrected chi connectivity index (χ0v) is 12.2. The molecule has 20 heavy (non-hydrogen) atoms. The molecule has 1 aromatic heterocycles. The van der Waals surface area contributed by atoms with Crippen molar-refractivity contribution in [1.82, 2.24) is 10.2 Å². The first-order valence-corrected chi connectivity index (χ1v) is 7.22. The lowest BCUT2D eigenvalue weighted by Crippen LogP contribution is -2.44. The number of nitrogens with zero attached hydrogens (tertiary/aromatic N) is 1. The third kappa shape index (κ3) is 2.87. The number of para-hydroxylation sites is 1. The fraction of sp³-hybridized carbons (Fsp3) is 0.500. The minimum atomic E-state index is 0.284. The topological polar surface area (TPSA) is 37.6 Å². The first-order valence-electron chi connectivity index (χ1n) is 7.22. The highest BCUT2D eigenvalue weighted by Gasteiger charge is 2.17. The molecule has 1 unspecified atom stereocenters. The largest absolute Gasteiger partial charge is 0.461 e. The molecule has 3 rings (SSSR count). The van der Waals surface area contributed by atoms with Crippen LogP contribution >= 0.6 is 0 Å². The van der Waals surface area contributed by atoms with E-state index in [1.165, 1.54) is 10.9 Å². The van der Waals surface area contributed by atoms with Crippen LogP contribution in [0.15, 0.2) is 28.7 Å². The van der Waals surface area contributed by atoms with Crippen LogP contribution in [0, 0.1) is 6.92 Å². The zero-order valence-electron chi connectivity index (χ0n) is 12.2. The van der Waals surface area contributed by atoms with E-state index in [1.54, 1.807) is 0 Å². The van der Waals surface area contributed by atoms with Crippen molar-refractivity contribution in [1.29, 1.82) is 0 Å². The number of benzene rings is 1. The molecule has 1 aromatic carbocycles. The lowest BCUT2D eigenvalue weighted by Gasteiger charge is -2.30. The SMILES string of the molecule is Cc1oc2ccccc2c1CNCC1CN(C)CCO1. The minimum absolute atomic E-state index is 0.284. The van der Waals surface area contributed by atoms with Crippen LogP contribution in [0.4, 0.5) is 0 Å². The Morgan fingerprint density at radius 2 is 2.20 bits per heavy atom. The van der Waals surface area contributed by atoms with E-state index < -0.39 is 0 Å². The maximum absolute atomic E-state index is 5.78. The Bertz CT molecular complexity index is 579. The molecule has 0 saturated carbocycles. The van der Waals surface area contributed by atoms with Crippen molar-refractivity contribution >= 4 is 11.0 Å². The number of aryl methyl sites for hydroxylation is 1. The summed E-state index contributed by atoms with van der Waals surface area (Å²) in [6, 6.07) is 8.20. The van der Waals surface area contributed by atoms with Crippen LogP contribution in [0.1, 0.15) is 11.3 Å². The number of ether oxygens (including phenoxy) is 1. The Kier molecular flexibility index (Phi) is 4.05. The smallest absolute Gasteiger partial charge is 0.134 e. The number of rotatable bonds is 4. The number of hydrogen-bond acceptors (Lipinski definition) is 4. The van der Waals surface area contributed by atoms with Crippen LogP contribution in [0.2, 0.25) is 0 Å². The van der Waals surface area contributed by atoms with Gasteiger partial charge in [-0.2, -0.15) is 0 Å². The molecule has 0 amide bonds. The van der Waals surface area contributed by atoms with Gasteiger partial charge in [0.2, 0.25) is 0 Å². The van der Waals surface area contributed by atoms with Crippen LogP contribution in [-0.4, -0.2) is 44.3 Å². The van der Waals surface area contributed by atoms with Gasteiger partial charge in [-0.15, -0.1) is 0 Å². The van der Waals surface area contributed by atoms with E-state index >= 15 is 0 Å². The van der Waals surface area contributed by atoms with Crippen LogP contribution in [0.5, 0.6) is 0 Å². The zero-order chi connectivity index (χ0) is 13.9. The van der Waals surface area contributed by atoms with E-state index in [4.69, 9.17) is 9.15 Å². The average molecular weight is 274 g/mol. The summed E-state index contributed by atoms with van der Waals surface area (Å²) in [5.74, 6) is 1.00. The lowest BCUT2D eigenvalue weighted by atomic mass is 10.1. The van der Waals surface area contributed by atoms with Crippen LogP contribution in [-0.2, 0) is 11.3 Å². The Labute approximate surface area is 119 Å². The van der Waals surface area contributed by atoms with Gasteiger partial charge in [-0.1, -0.05) is 18.2 Å². The lowest BCUT2D eigenvalue weighted by molar-refractivity contribution is -0.0182. The number of fused-ring (bicyclic) bond motifs is 1. The molecule has 1 aliphatic rings. The van der Waals surface area contributed by atoms with E-state index in [9.17, 15) is 0 Å². The van der Waals surface area contributed by atoms with Crippen molar-refractivity contribution in [3.05, 3.63) is 35.6 Å². The first-order chi connectivity index (χ1) is 9.74. The van der Waals surface area contributed by atoms with Gasteiger partial charge in [-0.05, 0) is 20.0 Å². The normalized spacial score (nSPS) is 20.6. The van der Waals surface area contributed by atoms with E-state index in [0.717, 1.165) is 44.1 Å². The number of morpholine rings is 1. The molecule has 0 radical (unpaired) electrons. The summed E-state index contributed by atoms with van der Waals surface area (Å²) >= 11 is 0. The van der Waals surface area contributed by atoms with Crippen molar-refractivity contribution in [2.75, 3.05) is 33.3 Å². The predicted octanol–water partition coefficient (Wildman–Crippen LogP) is 2.16. The third-order valence-corrected chi connectivity index (χ3v) is 3.92. The molecule has 0 spiro atoms. The summed E-state index contributed by atoms with van der Waals surface area (Å²) < 4.78 is 11.5. The molecule has 1 saturated heterocycles. The van der Waals surface area contributed by atoms with E-state index in [-0.39, 0.29) is 6.10 Å². The summed E-state index contributed by atoms with van der Waals surface area (Å²) in [4.78, 5) is 2.31. The van der Waals surface area contributed by atoms with Crippen LogP contribution in [0.25, 0.3) is 11.0 Å². The summed E-state index contributed by atoms with van der Waals surface area (Å²) in [6.07, 6.45) is 0.284. The van der Waals surface area contributed by atoms with Gasteiger partial charge in [0.05, 0.1) is 12.7 Å². The van der Waals surface area contributed by atoms with Gasteiger partial charge in [-0.3, -0.25) is 0 Å². The second-order valence-corrected chi connectivity index (χ2v) is 5.52. The average Bonchev–Trinajstić information content (AvgIpc) is 2.75. The van der Waals surface area contributed by atoms with Crippen molar-refractivity contribution in [3.63, 3.8) is 0 Å².